The summed E-state index contributed by atoms with van der Waals surface area (Å²) in [5.74, 6) is 0.245. The molecule has 0 aliphatic rings. The largest absolute Gasteiger partial charge is 0.319 e. The molecular weight excluding hydrogens is 214 g/mol. The summed E-state index contributed by atoms with van der Waals surface area (Å²) in [5, 5.41) is 7.46. The molecule has 1 heterocycles. The molecule has 17 heavy (non-hydrogen) atoms. The van der Waals surface area contributed by atoms with Crippen LogP contribution in [0, 0.1) is 0 Å². The SMILES string of the molecule is CCC(CC)n1ccc(CC(=O)CCNC)n1. The van der Waals surface area contributed by atoms with Crippen LogP contribution in [0.2, 0.25) is 0 Å². The van der Waals surface area contributed by atoms with Crippen LogP contribution in [-0.4, -0.2) is 29.2 Å². The average molecular weight is 237 g/mol. The minimum Gasteiger partial charge on any atom is -0.319 e. The van der Waals surface area contributed by atoms with E-state index in [0.717, 1.165) is 25.1 Å². The van der Waals surface area contributed by atoms with Crippen molar-refractivity contribution >= 4 is 5.78 Å². The van der Waals surface area contributed by atoms with Crippen molar-refractivity contribution in [3.8, 4) is 0 Å². The van der Waals surface area contributed by atoms with E-state index < -0.39 is 0 Å². The second kappa shape index (κ2) is 7.22. The maximum atomic E-state index is 11.6. The van der Waals surface area contributed by atoms with Gasteiger partial charge in [-0.15, -0.1) is 0 Å². The number of aromatic nitrogens is 2. The molecule has 0 bridgehead atoms. The highest BCUT2D eigenvalue weighted by Crippen LogP contribution is 2.14. The summed E-state index contributed by atoms with van der Waals surface area (Å²) in [6.45, 7) is 5.06. The monoisotopic (exact) mass is 237 g/mol. The van der Waals surface area contributed by atoms with Crippen LogP contribution < -0.4 is 5.32 Å². The van der Waals surface area contributed by atoms with Gasteiger partial charge in [0.05, 0.1) is 18.2 Å². The average Bonchev–Trinajstić information content (AvgIpc) is 2.76. The molecule has 0 aliphatic heterocycles. The van der Waals surface area contributed by atoms with E-state index in [9.17, 15) is 4.79 Å². The normalized spacial score (nSPS) is 11.1. The third kappa shape index (κ3) is 4.30. The number of hydrogen-bond acceptors (Lipinski definition) is 3. The molecule has 0 fully saturated rings. The standard InChI is InChI=1S/C13H23N3O/c1-4-12(5-2)16-9-7-11(15-16)10-13(17)6-8-14-3/h7,9,12,14H,4-6,8,10H2,1-3H3. The summed E-state index contributed by atoms with van der Waals surface area (Å²) in [6, 6.07) is 2.41. The number of ketones is 1. The molecule has 1 aromatic rings. The van der Waals surface area contributed by atoms with Gasteiger partial charge in [0.15, 0.2) is 0 Å². The summed E-state index contributed by atoms with van der Waals surface area (Å²) in [5.41, 5.74) is 0.887. The van der Waals surface area contributed by atoms with E-state index in [4.69, 9.17) is 0 Å². The lowest BCUT2D eigenvalue weighted by Gasteiger charge is -2.12. The summed E-state index contributed by atoms with van der Waals surface area (Å²) in [4.78, 5) is 11.6. The maximum Gasteiger partial charge on any atom is 0.140 e. The van der Waals surface area contributed by atoms with E-state index in [1.54, 1.807) is 0 Å². The second-order valence-electron chi connectivity index (χ2n) is 4.33. The van der Waals surface area contributed by atoms with Crippen LogP contribution in [0.1, 0.15) is 44.8 Å². The Morgan fingerprint density at radius 1 is 1.47 bits per heavy atom. The fraction of sp³-hybridized carbons (Fsp3) is 0.692. The van der Waals surface area contributed by atoms with E-state index in [0.29, 0.717) is 18.9 Å². The fourth-order valence-corrected chi connectivity index (χ4v) is 1.89. The quantitative estimate of drug-likeness (QED) is 0.752. The zero-order chi connectivity index (χ0) is 12.7. The molecule has 0 saturated carbocycles. The molecule has 0 saturated heterocycles. The van der Waals surface area contributed by atoms with Crippen molar-refractivity contribution in [3.05, 3.63) is 18.0 Å². The van der Waals surface area contributed by atoms with Crippen molar-refractivity contribution < 1.29 is 4.79 Å². The van der Waals surface area contributed by atoms with Crippen molar-refractivity contribution in [1.82, 2.24) is 15.1 Å². The number of rotatable bonds is 8. The molecule has 0 aromatic carbocycles. The summed E-state index contributed by atoms with van der Waals surface area (Å²) in [6.07, 6.45) is 5.16. The zero-order valence-corrected chi connectivity index (χ0v) is 11.1. The lowest BCUT2D eigenvalue weighted by Crippen LogP contribution is -2.15. The Morgan fingerprint density at radius 2 is 2.18 bits per heavy atom. The Bertz CT molecular complexity index is 342. The summed E-state index contributed by atoms with van der Waals surface area (Å²) < 4.78 is 1.99. The molecule has 96 valence electrons. The first-order valence-electron chi connectivity index (χ1n) is 6.41. The number of carbonyl (C=O) groups is 1. The van der Waals surface area contributed by atoms with Crippen LogP contribution in [0.3, 0.4) is 0 Å². The summed E-state index contributed by atoms with van der Waals surface area (Å²) in [7, 11) is 1.86. The van der Waals surface area contributed by atoms with Crippen molar-refractivity contribution in [3.63, 3.8) is 0 Å². The third-order valence-electron chi connectivity index (χ3n) is 3.01. The minimum atomic E-state index is 0.245. The first kappa shape index (κ1) is 13.9. The molecule has 0 amide bonds. The van der Waals surface area contributed by atoms with Crippen LogP contribution in [-0.2, 0) is 11.2 Å². The number of Topliss-reactive ketones (excluding diaryl/α,β-unsaturated/α-hetero) is 1. The van der Waals surface area contributed by atoms with E-state index in [1.165, 1.54) is 0 Å². The van der Waals surface area contributed by atoms with Crippen LogP contribution in [0.25, 0.3) is 0 Å². The van der Waals surface area contributed by atoms with Crippen LogP contribution in [0.4, 0.5) is 0 Å². The maximum absolute atomic E-state index is 11.6. The minimum absolute atomic E-state index is 0.245. The Morgan fingerprint density at radius 3 is 2.76 bits per heavy atom. The second-order valence-corrected chi connectivity index (χ2v) is 4.33. The Labute approximate surface area is 103 Å². The highest BCUT2D eigenvalue weighted by atomic mass is 16.1. The van der Waals surface area contributed by atoms with Gasteiger partial charge in [0.1, 0.15) is 5.78 Å². The number of nitrogens with zero attached hydrogens (tertiary/aromatic N) is 2. The van der Waals surface area contributed by atoms with Gasteiger partial charge in [0, 0.05) is 19.2 Å². The van der Waals surface area contributed by atoms with Gasteiger partial charge in [-0.1, -0.05) is 13.8 Å². The number of nitrogens with one attached hydrogen (secondary N) is 1. The van der Waals surface area contributed by atoms with Gasteiger partial charge in [-0.25, -0.2) is 0 Å². The Balaban J connectivity index is 2.53. The van der Waals surface area contributed by atoms with Gasteiger partial charge < -0.3 is 5.32 Å². The number of hydrogen-bond donors (Lipinski definition) is 1. The molecule has 1 rings (SSSR count). The molecule has 0 spiro atoms. The molecule has 4 nitrogen and oxygen atoms in total. The fourth-order valence-electron chi connectivity index (χ4n) is 1.89. The van der Waals surface area contributed by atoms with Gasteiger partial charge in [-0.2, -0.15) is 5.10 Å². The Kier molecular flexibility index (Phi) is 5.91. The molecule has 0 unspecified atom stereocenters. The molecule has 0 aliphatic carbocycles. The molecule has 0 radical (unpaired) electrons. The van der Waals surface area contributed by atoms with Crippen molar-refractivity contribution in [2.24, 2.45) is 0 Å². The zero-order valence-electron chi connectivity index (χ0n) is 11.1. The predicted molar refractivity (Wildman–Crippen MR) is 69.1 cm³/mol. The molecule has 1 N–H and O–H groups in total. The molecular formula is C13H23N3O. The van der Waals surface area contributed by atoms with Crippen molar-refractivity contribution in [2.45, 2.75) is 45.6 Å². The van der Waals surface area contributed by atoms with Gasteiger partial charge in [-0.05, 0) is 26.0 Å². The van der Waals surface area contributed by atoms with Gasteiger partial charge in [0.2, 0.25) is 0 Å². The highest BCUT2D eigenvalue weighted by molar-refractivity contribution is 5.80. The summed E-state index contributed by atoms with van der Waals surface area (Å²) >= 11 is 0. The number of carbonyl (C=O) groups excluding carboxylic acids is 1. The topological polar surface area (TPSA) is 46.9 Å². The Hall–Kier alpha value is -1.16. The van der Waals surface area contributed by atoms with E-state index in [2.05, 4.69) is 24.3 Å². The van der Waals surface area contributed by atoms with E-state index in [-0.39, 0.29) is 5.78 Å². The first-order chi connectivity index (χ1) is 8.21. The van der Waals surface area contributed by atoms with Crippen LogP contribution >= 0.6 is 0 Å². The third-order valence-corrected chi connectivity index (χ3v) is 3.01. The van der Waals surface area contributed by atoms with Gasteiger partial charge in [0.25, 0.3) is 0 Å². The lowest BCUT2D eigenvalue weighted by atomic mass is 10.2. The van der Waals surface area contributed by atoms with Crippen molar-refractivity contribution in [2.75, 3.05) is 13.6 Å². The smallest absolute Gasteiger partial charge is 0.140 e. The lowest BCUT2D eigenvalue weighted by molar-refractivity contribution is -0.118. The van der Waals surface area contributed by atoms with E-state index in [1.807, 2.05) is 24.0 Å². The predicted octanol–water partition coefficient (Wildman–Crippen LogP) is 1.97. The van der Waals surface area contributed by atoms with Crippen molar-refractivity contribution in [1.29, 1.82) is 0 Å². The van der Waals surface area contributed by atoms with Gasteiger partial charge in [-0.3, -0.25) is 9.48 Å². The van der Waals surface area contributed by atoms with Crippen LogP contribution in [0.5, 0.6) is 0 Å². The first-order valence-corrected chi connectivity index (χ1v) is 6.41. The molecule has 0 atom stereocenters. The van der Waals surface area contributed by atoms with Gasteiger partial charge >= 0.3 is 0 Å². The highest BCUT2D eigenvalue weighted by Gasteiger charge is 2.10. The molecule has 4 heteroatoms. The van der Waals surface area contributed by atoms with Crippen LogP contribution in [0.15, 0.2) is 12.3 Å². The van der Waals surface area contributed by atoms with E-state index >= 15 is 0 Å². The molecule has 1 aromatic heterocycles.